The van der Waals surface area contributed by atoms with Gasteiger partial charge in [0.05, 0.1) is 6.54 Å². The molecule has 5 nitrogen and oxygen atoms in total. The minimum atomic E-state index is -0.478. The maximum Gasteiger partial charge on any atom is 0.321 e. The molecule has 0 fully saturated rings. The van der Waals surface area contributed by atoms with Crippen molar-refractivity contribution in [3.05, 3.63) is 22.4 Å². The summed E-state index contributed by atoms with van der Waals surface area (Å²) in [5.74, 6) is -0.308. The second-order valence-corrected chi connectivity index (χ2v) is 4.21. The van der Waals surface area contributed by atoms with Crippen molar-refractivity contribution >= 4 is 23.3 Å². The molecule has 0 aliphatic heterocycles. The fourth-order valence-corrected chi connectivity index (χ4v) is 1.88. The van der Waals surface area contributed by atoms with Crippen LogP contribution in [0.5, 0.6) is 0 Å². The number of rotatable bonds is 4. The van der Waals surface area contributed by atoms with Crippen LogP contribution in [0.4, 0.5) is 4.79 Å². The predicted octanol–water partition coefficient (Wildman–Crippen LogP) is 0.635. The van der Waals surface area contributed by atoms with Gasteiger partial charge in [0.25, 0.3) is 0 Å². The van der Waals surface area contributed by atoms with Crippen molar-refractivity contribution in [2.24, 2.45) is 0 Å². The minimum Gasteiger partial charge on any atom is -0.341 e. The number of hydrogen-bond donors (Lipinski definition) is 2. The molecule has 0 atom stereocenters. The topological polar surface area (TPSA) is 61.4 Å². The first kappa shape index (κ1) is 12.7. The summed E-state index contributed by atoms with van der Waals surface area (Å²) in [5.41, 5.74) is 1.17. The zero-order valence-electron chi connectivity index (χ0n) is 9.32. The van der Waals surface area contributed by atoms with Crippen LogP contribution in [0.15, 0.2) is 16.8 Å². The van der Waals surface area contributed by atoms with Gasteiger partial charge in [-0.05, 0) is 29.4 Å². The van der Waals surface area contributed by atoms with Crippen molar-refractivity contribution < 1.29 is 9.59 Å². The second-order valence-electron chi connectivity index (χ2n) is 3.43. The van der Waals surface area contributed by atoms with Crippen LogP contribution in [0.2, 0.25) is 0 Å². The summed E-state index contributed by atoms with van der Waals surface area (Å²) in [6.45, 7) is 0.897. The average Bonchev–Trinajstić information content (AvgIpc) is 2.69. The first-order valence-electron chi connectivity index (χ1n) is 4.83. The van der Waals surface area contributed by atoms with E-state index in [0.29, 0.717) is 6.54 Å². The monoisotopic (exact) mass is 241 g/mol. The van der Waals surface area contributed by atoms with Crippen molar-refractivity contribution in [3.63, 3.8) is 0 Å². The maximum atomic E-state index is 11.3. The molecule has 0 saturated carbocycles. The van der Waals surface area contributed by atoms with E-state index in [1.807, 2.05) is 28.8 Å². The molecule has 0 radical (unpaired) electrons. The van der Waals surface area contributed by atoms with E-state index < -0.39 is 6.03 Å². The van der Waals surface area contributed by atoms with Gasteiger partial charge in [0.2, 0.25) is 5.91 Å². The smallest absolute Gasteiger partial charge is 0.321 e. The molecule has 1 aromatic rings. The van der Waals surface area contributed by atoms with E-state index in [9.17, 15) is 9.59 Å². The predicted molar refractivity (Wildman–Crippen MR) is 63.3 cm³/mol. The highest BCUT2D eigenvalue weighted by atomic mass is 32.1. The zero-order chi connectivity index (χ0) is 12.0. The van der Waals surface area contributed by atoms with Crippen LogP contribution in [0.25, 0.3) is 0 Å². The lowest BCUT2D eigenvalue weighted by Crippen LogP contribution is -2.42. The first-order chi connectivity index (χ1) is 7.61. The fraction of sp³-hybridized carbons (Fsp3) is 0.400. The van der Waals surface area contributed by atoms with Gasteiger partial charge < -0.3 is 5.32 Å². The molecule has 2 N–H and O–H groups in total. The van der Waals surface area contributed by atoms with Crippen molar-refractivity contribution in [3.8, 4) is 0 Å². The third-order valence-corrected chi connectivity index (χ3v) is 2.66. The second kappa shape index (κ2) is 6.24. The molecule has 0 aliphatic rings. The summed E-state index contributed by atoms with van der Waals surface area (Å²) >= 11 is 1.62. The molecule has 0 aliphatic carbocycles. The van der Waals surface area contributed by atoms with Gasteiger partial charge in [-0.25, -0.2) is 4.79 Å². The Labute approximate surface area is 98.4 Å². The Morgan fingerprint density at radius 2 is 2.25 bits per heavy atom. The largest absolute Gasteiger partial charge is 0.341 e. The Hall–Kier alpha value is -1.40. The van der Waals surface area contributed by atoms with Crippen LogP contribution < -0.4 is 10.6 Å². The Balaban J connectivity index is 2.31. The number of nitrogens with one attached hydrogen (secondary N) is 2. The highest BCUT2D eigenvalue weighted by Crippen LogP contribution is 2.07. The molecule has 0 saturated heterocycles. The number of carbonyl (C=O) groups excluding carboxylic acids is 2. The Morgan fingerprint density at radius 1 is 1.50 bits per heavy atom. The Bertz CT molecular complexity index is 351. The molecule has 3 amide bonds. The van der Waals surface area contributed by atoms with Crippen LogP contribution in [-0.4, -0.2) is 37.5 Å². The lowest BCUT2D eigenvalue weighted by molar-refractivity contribution is -0.120. The number of amides is 3. The molecule has 0 spiro atoms. The van der Waals surface area contributed by atoms with Crippen molar-refractivity contribution in [2.75, 3.05) is 20.6 Å². The summed E-state index contributed by atoms with van der Waals surface area (Å²) in [6, 6.07) is 1.53. The Kier molecular flexibility index (Phi) is 4.94. The van der Waals surface area contributed by atoms with Crippen LogP contribution in [-0.2, 0) is 11.3 Å². The minimum absolute atomic E-state index is 0.198. The Morgan fingerprint density at radius 3 is 2.81 bits per heavy atom. The third-order valence-electron chi connectivity index (χ3n) is 1.93. The maximum absolute atomic E-state index is 11.3. The van der Waals surface area contributed by atoms with E-state index in [2.05, 4.69) is 10.6 Å². The van der Waals surface area contributed by atoms with Crippen LogP contribution in [0.3, 0.4) is 0 Å². The standard InChI is InChI=1S/C10H15N3O2S/c1-11-10(15)12-9(14)6-13(2)5-8-3-4-16-7-8/h3-4,7H,5-6H2,1-2H3,(H2,11,12,14,15). The van der Waals surface area contributed by atoms with Crippen LogP contribution in [0.1, 0.15) is 5.56 Å². The zero-order valence-corrected chi connectivity index (χ0v) is 10.1. The number of imide groups is 1. The highest BCUT2D eigenvalue weighted by Gasteiger charge is 2.09. The third kappa shape index (κ3) is 4.41. The summed E-state index contributed by atoms with van der Waals surface area (Å²) in [6.07, 6.45) is 0. The van der Waals surface area contributed by atoms with Gasteiger partial charge in [-0.2, -0.15) is 11.3 Å². The van der Waals surface area contributed by atoms with Gasteiger partial charge in [-0.1, -0.05) is 0 Å². The van der Waals surface area contributed by atoms with E-state index >= 15 is 0 Å². The highest BCUT2D eigenvalue weighted by molar-refractivity contribution is 7.07. The lowest BCUT2D eigenvalue weighted by Gasteiger charge is -2.14. The summed E-state index contributed by atoms with van der Waals surface area (Å²) in [5, 5.41) is 8.57. The van der Waals surface area contributed by atoms with E-state index in [0.717, 1.165) is 0 Å². The number of likely N-dealkylation sites (N-methyl/N-ethyl adjacent to an activating group) is 1. The molecule has 1 aromatic heterocycles. The summed E-state index contributed by atoms with van der Waals surface area (Å²) < 4.78 is 0. The molecular weight excluding hydrogens is 226 g/mol. The fourth-order valence-electron chi connectivity index (χ4n) is 1.22. The van der Waals surface area contributed by atoms with E-state index in [1.54, 1.807) is 11.3 Å². The SMILES string of the molecule is CNC(=O)NC(=O)CN(C)Cc1ccsc1. The van der Waals surface area contributed by atoms with Crippen molar-refractivity contribution in [2.45, 2.75) is 6.54 Å². The number of thiophene rings is 1. The number of nitrogens with zero attached hydrogens (tertiary/aromatic N) is 1. The molecule has 0 bridgehead atoms. The van der Waals surface area contributed by atoms with E-state index in [4.69, 9.17) is 0 Å². The van der Waals surface area contributed by atoms with Crippen molar-refractivity contribution in [1.29, 1.82) is 0 Å². The first-order valence-corrected chi connectivity index (χ1v) is 5.77. The van der Waals surface area contributed by atoms with Gasteiger partial charge >= 0.3 is 6.03 Å². The van der Waals surface area contributed by atoms with E-state index in [1.165, 1.54) is 12.6 Å². The number of hydrogen-bond acceptors (Lipinski definition) is 4. The lowest BCUT2D eigenvalue weighted by atomic mass is 10.3. The molecule has 0 aromatic carbocycles. The number of urea groups is 1. The average molecular weight is 241 g/mol. The molecule has 1 rings (SSSR count). The van der Waals surface area contributed by atoms with Gasteiger partial charge in [-0.3, -0.25) is 15.0 Å². The molecule has 0 unspecified atom stereocenters. The molecule has 6 heteroatoms. The van der Waals surface area contributed by atoms with Gasteiger partial charge in [0, 0.05) is 13.6 Å². The van der Waals surface area contributed by atoms with Gasteiger partial charge in [0.1, 0.15) is 0 Å². The summed E-state index contributed by atoms with van der Waals surface area (Å²) in [7, 11) is 3.30. The summed E-state index contributed by atoms with van der Waals surface area (Å²) in [4.78, 5) is 24.0. The van der Waals surface area contributed by atoms with Crippen molar-refractivity contribution in [1.82, 2.24) is 15.5 Å². The van der Waals surface area contributed by atoms with Crippen LogP contribution in [0, 0.1) is 0 Å². The normalized spacial score (nSPS) is 10.2. The van der Waals surface area contributed by atoms with Gasteiger partial charge in [0.15, 0.2) is 0 Å². The van der Waals surface area contributed by atoms with Gasteiger partial charge in [-0.15, -0.1) is 0 Å². The quantitative estimate of drug-likeness (QED) is 0.813. The van der Waals surface area contributed by atoms with Crippen LogP contribution >= 0.6 is 11.3 Å². The molecule has 1 heterocycles. The van der Waals surface area contributed by atoms with E-state index in [-0.39, 0.29) is 12.5 Å². The molecule has 88 valence electrons. The molecular formula is C10H15N3O2S. The number of carbonyl (C=O) groups is 2. The molecule has 16 heavy (non-hydrogen) atoms.